The minimum absolute atomic E-state index is 0.0201. The van der Waals surface area contributed by atoms with Crippen LogP contribution in [0.3, 0.4) is 0 Å². The number of rotatable bonds is 7. The number of aryl methyl sites for hydroxylation is 1. The number of aromatic nitrogens is 2. The Morgan fingerprint density at radius 3 is 2.56 bits per heavy atom. The van der Waals surface area contributed by atoms with Crippen LogP contribution in [0.2, 0.25) is 5.02 Å². The lowest BCUT2D eigenvalue weighted by molar-refractivity contribution is 0.0492. The lowest BCUT2D eigenvalue weighted by Crippen LogP contribution is -2.42. The molecule has 1 saturated carbocycles. The number of ether oxygens (including phenoxy) is 1. The molecule has 1 aliphatic rings. The average Bonchev–Trinajstić information content (AvgIpc) is 3.41. The zero-order valence-corrected chi connectivity index (χ0v) is 26.4. The number of hydrogen-bond donors (Lipinski definition) is 4. The van der Waals surface area contributed by atoms with Crippen molar-refractivity contribution in [2.24, 2.45) is 10.7 Å². The number of anilines is 1. The minimum atomic E-state index is -0.718. The van der Waals surface area contributed by atoms with Gasteiger partial charge in [0.1, 0.15) is 17.3 Å². The molecule has 12 heteroatoms. The molecule has 2 heterocycles. The maximum absolute atomic E-state index is 14.5. The molecule has 1 aliphatic carbocycles. The standard InChI is InChI=1S/C33H37ClF2N6O3/c1-5-18-13-29(43)26(36)15-23(18)19-12-28-30(39-21-7-9-22(10-8-21)40-32(44)45-33(2,3)4)24(16-38-42(28)17-19)31(37)41-27-14-20(35)6-11-25(27)34/h6,11-17,21-22,39,43H,5,7-10H2,1-4H3,(H2,37,41)(H,40,44). The maximum Gasteiger partial charge on any atom is 0.407 e. The third-order valence-corrected chi connectivity index (χ3v) is 8.04. The summed E-state index contributed by atoms with van der Waals surface area (Å²) in [5, 5.41) is 21.3. The van der Waals surface area contributed by atoms with E-state index >= 15 is 0 Å². The minimum Gasteiger partial charge on any atom is -0.505 e. The molecule has 2 aromatic heterocycles. The van der Waals surface area contributed by atoms with Crippen molar-refractivity contribution in [3.8, 4) is 16.9 Å². The summed E-state index contributed by atoms with van der Waals surface area (Å²) in [6, 6.07) is 8.48. The number of nitrogens with two attached hydrogens (primary N) is 1. The molecule has 0 saturated heterocycles. The van der Waals surface area contributed by atoms with E-state index in [9.17, 15) is 18.7 Å². The molecule has 0 unspecified atom stereocenters. The van der Waals surface area contributed by atoms with E-state index in [2.05, 4.69) is 20.7 Å². The Kier molecular flexibility index (Phi) is 9.20. The topological polar surface area (TPSA) is 126 Å². The fourth-order valence-electron chi connectivity index (χ4n) is 5.54. The van der Waals surface area contributed by atoms with Crippen LogP contribution in [0, 0.1) is 11.6 Å². The van der Waals surface area contributed by atoms with Crippen LogP contribution in [0.1, 0.15) is 64.5 Å². The van der Waals surface area contributed by atoms with Gasteiger partial charge < -0.3 is 26.2 Å². The number of hydrogen-bond acceptors (Lipinski definition) is 6. The number of phenols is 1. The van der Waals surface area contributed by atoms with Gasteiger partial charge in [0.15, 0.2) is 11.6 Å². The Balaban J connectivity index is 1.50. The molecular weight excluding hydrogens is 602 g/mol. The largest absolute Gasteiger partial charge is 0.505 e. The molecule has 0 radical (unpaired) electrons. The van der Waals surface area contributed by atoms with Gasteiger partial charge in [0, 0.05) is 29.9 Å². The van der Waals surface area contributed by atoms with Gasteiger partial charge in [-0.2, -0.15) is 5.10 Å². The lowest BCUT2D eigenvalue weighted by Gasteiger charge is -2.31. The zero-order chi connectivity index (χ0) is 32.5. The van der Waals surface area contributed by atoms with E-state index in [1.165, 1.54) is 30.3 Å². The first-order chi connectivity index (χ1) is 21.3. The molecule has 0 spiro atoms. The van der Waals surface area contributed by atoms with E-state index in [1.807, 2.05) is 33.8 Å². The molecule has 238 valence electrons. The highest BCUT2D eigenvalue weighted by atomic mass is 35.5. The van der Waals surface area contributed by atoms with Crippen LogP contribution in [-0.2, 0) is 11.2 Å². The van der Waals surface area contributed by atoms with Gasteiger partial charge in [-0.3, -0.25) is 0 Å². The third kappa shape index (κ3) is 7.47. The molecular formula is C33H37ClF2N6O3. The van der Waals surface area contributed by atoms with Crippen LogP contribution in [0.5, 0.6) is 5.75 Å². The predicted molar refractivity (Wildman–Crippen MR) is 172 cm³/mol. The fraction of sp³-hybridized carbons (Fsp3) is 0.364. The smallest absolute Gasteiger partial charge is 0.407 e. The molecule has 0 aliphatic heterocycles. The maximum atomic E-state index is 14.5. The van der Waals surface area contributed by atoms with Crippen molar-refractivity contribution in [2.45, 2.75) is 77.5 Å². The van der Waals surface area contributed by atoms with Crippen LogP contribution < -0.4 is 16.4 Å². The van der Waals surface area contributed by atoms with E-state index in [1.54, 1.807) is 16.9 Å². The number of fused-ring (bicyclic) bond motifs is 1. The molecule has 5 rings (SSSR count). The van der Waals surface area contributed by atoms with Gasteiger partial charge in [-0.15, -0.1) is 0 Å². The number of nitrogens with one attached hydrogen (secondary N) is 2. The SMILES string of the molecule is CCc1cc(O)c(F)cc1-c1cc2c(NC3CCC(NC(=O)OC(C)(C)C)CC3)c(C(N)=Nc3cc(F)ccc3Cl)cnn2c1. The Morgan fingerprint density at radius 2 is 1.87 bits per heavy atom. The first-order valence-electron chi connectivity index (χ1n) is 14.9. The number of aliphatic imine (C=N–C) groups is 1. The van der Waals surface area contributed by atoms with Gasteiger partial charge in [0.2, 0.25) is 0 Å². The molecule has 5 N–H and O–H groups in total. The van der Waals surface area contributed by atoms with Gasteiger partial charge >= 0.3 is 6.09 Å². The molecule has 4 aromatic rings. The average molecular weight is 639 g/mol. The quantitative estimate of drug-likeness (QED) is 0.123. The van der Waals surface area contributed by atoms with E-state index in [0.29, 0.717) is 34.3 Å². The molecule has 2 aromatic carbocycles. The van der Waals surface area contributed by atoms with Gasteiger partial charge in [0.25, 0.3) is 0 Å². The molecule has 1 fully saturated rings. The Hall–Kier alpha value is -4.38. The highest BCUT2D eigenvalue weighted by Crippen LogP contribution is 2.35. The number of alkyl carbamates (subject to hydrolysis) is 1. The first-order valence-corrected chi connectivity index (χ1v) is 15.3. The Bertz CT molecular complexity index is 1760. The number of carbonyl (C=O) groups is 1. The van der Waals surface area contributed by atoms with Crippen molar-refractivity contribution in [1.29, 1.82) is 0 Å². The highest BCUT2D eigenvalue weighted by Gasteiger charge is 2.27. The van der Waals surface area contributed by atoms with Gasteiger partial charge in [0.05, 0.1) is 33.7 Å². The lowest BCUT2D eigenvalue weighted by atomic mass is 9.91. The van der Waals surface area contributed by atoms with E-state index < -0.39 is 29.1 Å². The van der Waals surface area contributed by atoms with Crippen molar-refractivity contribution in [1.82, 2.24) is 14.9 Å². The summed E-state index contributed by atoms with van der Waals surface area (Å²) in [5.74, 6) is -1.55. The van der Waals surface area contributed by atoms with Crippen molar-refractivity contribution < 1.29 is 23.4 Å². The highest BCUT2D eigenvalue weighted by molar-refractivity contribution is 6.33. The Morgan fingerprint density at radius 1 is 1.16 bits per heavy atom. The van der Waals surface area contributed by atoms with Crippen LogP contribution in [-0.4, -0.2) is 44.3 Å². The second-order valence-electron chi connectivity index (χ2n) is 12.2. The van der Waals surface area contributed by atoms with Crippen LogP contribution in [0.25, 0.3) is 16.6 Å². The number of aromatic hydroxyl groups is 1. The monoisotopic (exact) mass is 638 g/mol. The number of amidine groups is 1. The molecule has 1 amide bonds. The normalized spacial score (nSPS) is 17.4. The van der Waals surface area contributed by atoms with Gasteiger partial charge in [-0.1, -0.05) is 18.5 Å². The van der Waals surface area contributed by atoms with Crippen LogP contribution in [0.15, 0.2) is 53.8 Å². The van der Waals surface area contributed by atoms with Gasteiger partial charge in [-0.25, -0.2) is 23.1 Å². The summed E-state index contributed by atoms with van der Waals surface area (Å²) in [6.07, 6.45) is 6.45. The number of benzene rings is 2. The van der Waals surface area contributed by atoms with Crippen molar-refractivity contribution in [3.05, 3.63) is 76.6 Å². The summed E-state index contributed by atoms with van der Waals surface area (Å²) in [5.41, 5.74) is 10.0. The summed E-state index contributed by atoms with van der Waals surface area (Å²) in [6.45, 7) is 7.40. The van der Waals surface area contributed by atoms with Gasteiger partial charge in [-0.05, 0) is 94.3 Å². The van der Waals surface area contributed by atoms with Crippen LogP contribution in [0.4, 0.5) is 25.0 Å². The third-order valence-electron chi connectivity index (χ3n) is 7.72. The van der Waals surface area contributed by atoms with E-state index in [4.69, 9.17) is 22.1 Å². The van der Waals surface area contributed by atoms with E-state index in [0.717, 1.165) is 31.2 Å². The first kappa shape index (κ1) is 32.0. The van der Waals surface area contributed by atoms with Crippen molar-refractivity contribution in [2.75, 3.05) is 5.32 Å². The number of halogens is 3. The second kappa shape index (κ2) is 12.9. The predicted octanol–water partition coefficient (Wildman–Crippen LogP) is 7.49. The van der Waals surface area contributed by atoms with E-state index in [-0.39, 0.29) is 28.6 Å². The summed E-state index contributed by atoms with van der Waals surface area (Å²) < 4.78 is 35.5. The molecule has 45 heavy (non-hydrogen) atoms. The van der Waals surface area contributed by atoms with Crippen LogP contribution >= 0.6 is 11.6 Å². The van der Waals surface area contributed by atoms with Crippen molar-refractivity contribution in [3.63, 3.8) is 0 Å². The molecule has 0 atom stereocenters. The molecule has 9 nitrogen and oxygen atoms in total. The Labute approximate surface area is 265 Å². The summed E-state index contributed by atoms with van der Waals surface area (Å²) >= 11 is 6.27. The zero-order valence-electron chi connectivity index (χ0n) is 25.6. The van der Waals surface area contributed by atoms with Crippen molar-refractivity contribution >= 4 is 40.4 Å². The summed E-state index contributed by atoms with van der Waals surface area (Å²) in [4.78, 5) is 16.7. The number of amides is 1. The number of phenolic OH excluding ortho intramolecular Hbond substituents is 1. The second-order valence-corrected chi connectivity index (χ2v) is 12.6. The number of nitrogens with zero attached hydrogens (tertiary/aromatic N) is 3. The molecule has 0 bridgehead atoms. The number of carbonyl (C=O) groups excluding carboxylic acids is 1. The summed E-state index contributed by atoms with van der Waals surface area (Å²) in [7, 11) is 0. The fourth-order valence-corrected chi connectivity index (χ4v) is 5.70.